The number of methoxy groups -OCH3 is 1. The molecule has 0 heterocycles. The van der Waals surface area contributed by atoms with E-state index in [4.69, 9.17) is 20.3 Å². The number of phenolic OH excluding ortho intramolecular Hbond substituents is 1. The van der Waals surface area contributed by atoms with Crippen molar-refractivity contribution < 1.29 is 14.6 Å². The highest BCUT2D eigenvalue weighted by Gasteiger charge is 2.02. The van der Waals surface area contributed by atoms with Gasteiger partial charge in [0.1, 0.15) is 23.9 Å². The summed E-state index contributed by atoms with van der Waals surface area (Å²) in [6.07, 6.45) is 0. The lowest BCUT2D eigenvalue weighted by molar-refractivity contribution is 0.305. The molecule has 0 spiro atoms. The van der Waals surface area contributed by atoms with Gasteiger partial charge < -0.3 is 20.3 Å². The molecule has 4 nitrogen and oxygen atoms in total. The van der Waals surface area contributed by atoms with Gasteiger partial charge in [0.25, 0.3) is 0 Å². The monoisotopic (exact) mass is 245 g/mol. The van der Waals surface area contributed by atoms with Crippen LogP contribution in [0, 0.1) is 0 Å². The van der Waals surface area contributed by atoms with Gasteiger partial charge in [-0.2, -0.15) is 0 Å². The van der Waals surface area contributed by atoms with Crippen molar-refractivity contribution in [2.75, 3.05) is 12.8 Å². The van der Waals surface area contributed by atoms with E-state index in [0.717, 1.165) is 5.56 Å². The Morgan fingerprint density at radius 2 is 1.83 bits per heavy atom. The number of rotatable bonds is 4. The second kappa shape index (κ2) is 5.31. The first kappa shape index (κ1) is 12.1. The highest BCUT2D eigenvalue weighted by Crippen LogP contribution is 2.26. The molecule has 0 radical (unpaired) electrons. The Bertz CT molecular complexity index is 523. The van der Waals surface area contributed by atoms with Gasteiger partial charge in [-0.15, -0.1) is 0 Å². The molecule has 4 heteroatoms. The molecule has 0 amide bonds. The van der Waals surface area contributed by atoms with Crippen LogP contribution in [0.1, 0.15) is 5.56 Å². The molecule has 94 valence electrons. The number of ether oxygens (including phenoxy) is 2. The topological polar surface area (TPSA) is 64.7 Å². The predicted molar refractivity (Wildman–Crippen MR) is 69.8 cm³/mol. The van der Waals surface area contributed by atoms with E-state index in [1.807, 2.05) is 12.1 Å². The lowest BCUT2D eigenvalue weighted by atomic mass is 10.2. The summed E-state index contributed by atoms with van der Waals surface area (Å²) in [6, 6.07) is 12.2. The van der Waals surface area contributed by atoms with E-state index in [1.54, 1.807) is 37.4 Å². The van der Waals surface area contributed by atoms with Gasteiger partial charge in [-0.25, -0.2) is 0 Å². The van der Waals surface area contributed by atoms with Gasteiger partial charge in [-0.1, -0.05) is 12.1 Å². The highest BCUT2D eigenvalue weighted by atomic mass is 16.5. The fourth-order valence-corrected chi connectivity index (χ4v) is 1.56. The number of phenols is 1. The van der Waals surface area contributed by atoms with Crippen LogP contribution in [0.25, 0.3) is 0 Å². The minimum Gasteiger partial charge on any atom is -0.508 e. The maximum Gasteiger partial charge on any atom is 0.142 e. The Balaban J connectivity index is 2.02. The average Bonchev–Trinajstić information content (AvgIpc) is 2.38. The lowest BCUT2D eigenvalue weighted by Gasteiger charge is -2.09. The fourth-order valence-electron chi connectivity index (χ4n) is 1.56. The first-order valence-corrected chi connectivity index (χ1v) is 5.53. The number of hydrogen-bond acceptors (Lipinski definition) is 4. The summed E-state index contributed by atoms with van der Waals surface area (Å²) < 4.78 is 10.7. The number of nitrogen functional groups attached to an aromatic ring is 1. The Kier molecular flexibility index (Phi) is 3.57. The molecule has 2 rings (SSSR count). The number of hydrogen-bond donors (Lipinski definition) is 2. The molecule has 0 aromatic heterocycles. The van der Waals surface area contributed by atoms with Crippen molar-refractivity contribution in [1.29, 1.82) is 0 Å². The third-order valence-corrected chi connectivity index (χ3v) is 2.54. The Morgan fingerprint density at radius 3 is 2.44 bits per heavy atom. The van der Waals surface area contributed by atoms with Crippen molar-refractivity contribution in [3.05, 3.63) is 48.0 Å². The molecule has 0 fully saturated rings. The normalized spacial score (nSPS) is 10.1. The van der Waals surface area contributed by atoms with Crippen LogP contribution < -0.4 is 15.2 Å². The summed E-state index contributed by atoms with van der Waals surface area (Å²) in [5.74, 6) is 1.56. The zero-order valence-electron chi connectivity index (χ0n) is 10.1. The van der Waals surface area contributed by atoms with Crippen LogP contribution in [0.4, 0.5) is 5.69 Å². The summed E-state index contributed by atoms with van der Waals surface area (Å²) in [6.45, 7) is 0.423. The lowest BCUT2D eigenvalue weighted by Crippen LogP contribution is -1.97. The van der Waals surface area contributed by atoms with Crippen LogP contribution >= 0.6 is 0 Å². The Hall–Kier alpha value is -2.36. The van der Waals surface area contributed by atoms with Crippen molar-refractivity contribution in [2.24, 2.45) is 0 Å². The molecule has 2 aromatic carbocycles. The summed E-state index contributed by atoms with van der Waals surface area (Å²) in [7, 11) is 1.57. The summed E-state index contributed by atoms with van der Waals surface area (Å²) in [4.78, 5) is 0. The minimum atomic E-state index is 0.243. The van der Waals surface area contributed by atoms with Crippen molar-refractivity contribution in [3.8, 4) is 17.2 Å². The Morgan fingerprint density at radius 1 is 1.11 bits per heavy atom. The number of nitrogens with two attached hydrogens (primary N) is 1. The van der Waals surface area contributed by atoms with E-state index in [-0.39, 0.29) is 5.75 Å². The molecule has 0 atom stereocenters. The molecule has 0 unspecified atom stereocenters. The van der Waals surface area contributed by atoms with Crippen LogP contribution in [0.3, 0.4) is 0 Å². The molecule has 2 aromatic rings. The van der Waals surface area contributed by atoms with Crippen LogP contribution in [0.5, 0.6) is 17.2 Å². The highest BCUT2D eigenvalue weighted by molar-refractivity contribution is 5.56. The number of aromatic hydroxyl groups is 1. The van der Waals surface area contributed by atoms with Gasteiger partial charge in [-0.3, -0.25) is 0 Å². The van der Waals surface area contributed by atoms with Crippen molar-refractivity contribution in [2.45, 2.75) is 6.61 Å². The average molecular weight is 245 g/mol. The number of benzene rings is 2. The largest absolute Gasteiger partial charge is 0.508 e. The zero-order valence-corrected chi connectivity index (χ0v) is 10.1. The van der Waals surface area contributed by atoms with Crippen LogP contribution in [-0.2, 0) is 6.61 Å². The molecule has 0 aliphatic heterocycles. The first-order valence-electron chi connectivity index (χ1n) is 5.53. The summed E-state index contributed by atoms with van der Waals surface area (Å²) in [5, 5.41) is 9.16. The molecule has 0 saturated carbocycles. The molecule has 0 aliphatic rings. The molecule has 3 N–H and O–H groups in total. The zero-order chi connectivity index (χ0) is 13.0. The minimum absolute atomic E-state index is 0.243. The fraction of sp³-hybridized carbons (Fsp3) is 0.143. The number of anilines is 1. The standard InChI is InChI=1S/C14H15NO3/c1-17-14-7-6-12(8-13(14)15)18-9-10-2-4-11(16)5-3-10/h2-8,16H,9,15H2,1H3. The summed E-state index contributed by atoms with van der Waals surface area (Å²) in [5.41, 5.74) is 7.30. The van der Waals surface area contributed by atoms with Gasteiger partial charge in [-0.05, 0) is 29.8 Å². The van der Waals surface area contributed by atoms with Crippen molar-refractivity contribution >= 4 is 5.69 Å². The second-order valence-electron chi connectivity index (χ2n) is 3.86. The predicted octanol–water partition coefficient (Wildman–Crippen LogP) is 2.56. The van der Waals surface area contributed by atoms with Crippen LogP contribution in [-0.4, -0.2) is 12.2 Å². The molecule has 0 aliphatic carbocycles. The molecular weight excluding hydrogens is 230 g/mol. The van der Waals surface area contributed by atoms with Gasteiger partial charge >= 0.3 is 0 Å². The Labute approximate surface area is 106 Å². The van der Waals surface area contributed by atoms with Gasteiger partial charge in [0.15, 0.2) is 0 Å². The van der Waals surface area contributed by atoms with Crippen LogP contribution in [0.15, 0.2) is 42.5 Å². The second-order valence-corrected chi connectivity index (χ2v) is 3.86. The molecule has 0 saturated heterocycles. The SMILES string of the molecule is COc1ccc(OCc2ccc(O)cc2)cc1N. The van der Waals surface area contributed by atoms with E-state index >= 15 is 0 Å². The summed E-state index contributed by atoms with van der Waals surface area (Å²) >= 11 is 0. The smallest absolute Gasteiger partial charge is 0.142 e. The van der Waals surface area contributed by atoms with Crippen molar-refractivity contribution in [3.63, 3.8) is 0 Å². The van der Waals surface area contributed by atoms with E-state index in [0.29, 0.717) is 23.8 Å². The van der Waals surface area contributed by atoms with E-state index in [1.165, 1.54) is 0 Å². The molecule has 18 heavy (non-hydrogen) atoms. The van der Waals surface area contributed by atoms with Gasteiger partial charge in [0, 0.05) is 6.07 Å². The van der Waals surface area contributed by atoms with E-state index in [2.05, 4.69) is 0 Å². The van der Waals surface area contributed by atoms with E-state index in [9.17, 15) is 0 Å². The molecular formula is C14H15NO3. The molecule has 0 bridgehead atoms. The van der Waals surface area contributed by atoms with Gasteiger partial charge in [0.05, 0.1) is 12.8 Å². The van der Waals surface area contributed by atoms with Crippen LogP contribution in [0.2, 0.25) is 0 Å². The van der Waals surface area contributed by atoms with Gasteiger partial charge in [0.2, 0.25) is 0 Å². The van der Waals surface area contributed by atoms with Crippen molar-refractivity contribution in [1.82, 2.24) is 0 Å². The maximum atomic E-state index is 9.16. The van der Waals surface area contributed by atoms with E-state index < -0.39 is 0 Å². The maximum absolute atomic E-state index is 9.16. The first-order chi connectivity index (χ1) is 8.69. The third-order valence-electron chi connectivity index (χ3n) is 2.54. The third kappa shape index (κ3) is 2.85. The quantitative estimate of drug-likeness (QED) is 0.812.